The van der Waals surface area contributed by atoms with Gasteiger partial charge in [-0.2, -0.15) is 0 Å². The first-order chi connectivity index (χ1) is 37.3. The maximum absolute atomic E-state index is 14.8. The van der Waals surface area contributed by atoms with E-state index in [2.05, 4.69) is 79.8 Å². The van der Waals surface area contributed by atoms with Gasteiger partial charge in [0.25, 0.3) is 0 Å². The number of fused-ring (bicyclic) bond motifs is 1. The number of carbonyl (C=O) groups excluding carboxylic acids is 8. The first-order valence-electron chi connectivity index (χ1n) is 24.8. The summed E-state index contributed by atoms with van der Waals surface area (Å²) in [4.78, 5) is 128. The molecular formula is C51H64IN15O9S2. The number of para-hydroxylation sites is 1. The van der Waals surface area contributed by atoms with Crippen molar-refractivity contribution in [3.63, 3.8) is 0 Å². The molecule has 6 rings (SSSR count). The second-order valence-electron chi connectivity index (χ2n) is 18.5. The number of aliphatic imine (C=N–C) groups is 1. The molecule has 416 valence electrons. The molecule has 8 amide bonds. The van der Waals surface area contributed by atoms with Crippen LogP contribution in [0.3, 0.4) is 0 Å². The highest BCUT2D eigenvalue weighted by molar-refractivity contribution is 14.1. The number of nitrogens with two attached hydrogens (primary N) is 4. The molecular weight excluding hydrogens is 1160 g/mol. The Morgan fingerprint density at radius 2 is 1.37 bits per heavy atom. The van der Waals surface area contributed by atoms with Crippen molar-refractivity contribution < 1.29 is 43.5 Å². The monoisotopic (exact) mass is 1220 g/mol. The van der Waals surface area contributed by atoms with E-state index in [0.29, 0.717) is 16.8 Å². The zero-order valence-electron chi connectivity index (χ0n) is 42.4. The number of aromatic nitrogens is 3. The predicted octanol–water partition coefficient (Wildman–Crippen LogP) is -1.20. The number of primary amides is 1. The molecule has 1 fully saturated rings. The van der Waals surface area contributed by atoms with E-state index in [9.17, 15) is 43.5 Å². The lowest BCUT2D eigenvalue weighted by Gasteiger charge is -2.28. The van der Waals surface area contributed by atoms with Gasteiger partial charge in [-0.25, -0.2) is 4.98 Å². The molecule has 78 heavy (non-hydrogen) atoms. The van der Waals surface area contributed by atoms with Gasteiger partial charge in [0.2, 0.25) is 47.3 Å². The average Bonchev–Trinajstić information content (AvgIpc) is 4.09. The fourth-order valence-corrected chi connectivity index (χ4v) is 11.0. The number of imidazole rings is 1. The standard InChI is InChI=1S/C51H64IN15O9S2/c1-27(68)42(43(54)69)67-50(76)41-25-78-77-24-40(65-44(70)34(53)18-28-8-3-2-4-9-28)49(75)64-39(21-32-23-57-26-60-32)48(74)62-37(19-29-13-15-31(52)16-14-29)46(72)61-36(12-7-17-58-51(55)56)45(71)63-38(47(73)66-41)20-30-22-59-35-11-6-5-10-33(30)35/h2-6,8-11,13-16,22-23,26-27,34,36-42,59,68H,7,12,17-21,24-25,53H2,1H3,(H2,54,69)(H,57,60)(H,61,72)(H,62,74)(H,63,71)(H,64,75)(H,65,70)(H,66,73)(H,67,76)(H4,55,56,58)/t27-,34-,36+,37+,38-,39+,40+,41+,42+/m1/s1. The fourth-order valence-electron chi connectivity index (χ4n) is 8.28. The van der Waals surface area contributed by atoms with Crippen molar-refractivity contribution in [3.05, 3.63) is 124 Å². The molecule has 1 aliphatic rings. The van der Waals surface area contributed by atoms with Crippen molar-refractivity contribution in [2.45, 2.75) is 99.9 Å². The lowest BCUT2D eigenvalue weighted by molar-refractivity contribution is -0.135. The lowest BCUT2D eigenvalue weighted by Crippen LogP contribution is -2.61. The van der Waals surface area contributed by atoms with E-state index in [1.165, 1.54) is 19.4 Å². The molecule has 24 nitrogen and oxygen atoms in total. The summed E-state index contributed by atoms with van der Waals surface area (Å²) in [5.74, 6) is -7.49. The van der Waals surface area contributed by atoms with Gasteiger partial charge in [0.1, 0.15) is 42.3 Å². The van der Waals surface area contributed by atoms with E-state index in [0.717, 1.165) is 41.6 Å². The molecule has 1 aliphatic heterocycles. The van der Waals surface area contributed by atoms with Crippen LogP contribution in [-0.2, 0) is 64.0 Å². The molecule has 0 radical (unpaired) electrons. The molecule has 2 aromatic heterocycles. The van der Waals surface area contributed by atoms with Crippen LogP contribution in [-0.4, -0.2) is 146 Å². The number of hydrogen-bond acceptors (Lipinski definition) is 14. The number of nitrogens with one attached hydrogen (secondary N) is 9. The minimum atomic E-state index is -1.58. The number of carbonyl (C=O) groups is 8. The van der Waals surface area contributed by atoms with Crippen molar-refractivity contribution in [1.29, 1.82) is 0 Å². The van der Waals surface area contributed by atoms with Crippen LogP contribution in [0.15, 0.2) is 103 Å². The van der Waals surface area contributed by atoms with E-state index < -0.39 is 102 Å². The zero-order valence-corrected chi connectivity index (χ0v) is 46.2. The van der Waals surface area contributed by atoms with Crippen LogP contribution in [0.4, 0.5) is 0 Å². The molecule has 18 N–H and O–H groups in total. The second-order valence-corrected chi connectivity index (χ2v) is 22.3. The normalized spacial score (nSPS) is 21.3. The predicted molar refractivity (Wildman–Crippen MR) is 304 cm³/mol. The van der Waals surface area contributed by atoms with E-state index in [1.54, 1.807) is 48.7 Å². The minimum Gasteiger partial charge on any atom is -0.391 e. The van der Waals surface area contributed by atoms with E-state index >= 15 is 0 Å². The molecule has 1 saturated heterocycles. The molecule has 27 heteroatoms. The Morgan fingerprint density at radius 1 is 0.756 bits per heavy atom. The lowest BCUT2D eigenvalue weighted by atomic mass is 10.0. The number of rotatable bonds is 18. The highest BCUT2D eigenvalue weighted by Gasteiger charge is 2.36. The molecule has 5 aromatic rings. The number of aliphatic hydroxyl groups is 1. The van der Waals surface area contributed by atoms with E-state index in [1.807, 2.05) is 36.4 Å². The van der Waals surface area contributed by atoms with Crippen LogP contribution >= 0.6 is 44.2 Å². The smallest absolute Gasteiger partial charge is 0.244 e. The number of hydrogen-bond donors (Lipinski definition) is 14. The van der Waals surface area contributed by atoms with Gasteiger partial charge < -0.3 is 75.2 Å². The van der Waals surface area contributed by atoms with Gasteiger partial charge in [-0.1, -0.05) is 82.3 Å². The Kier molecular flexibility index (Phi) is 22.7. The second kappa shape index (κ2) is 29.5. The highest BCUT2D eigenvalue weighted by atomic mass is 127. The largest absolute Gasteiger partial charge is 0.391 e. The van der Waals surface area contributed by atoms with Crippen molar-refractivity contribution >= 4 is 108 Å². The van der Waals surface area contributed by atoms with Crippen LogP contribution in [0.1, 0.15) is 42.1 Å². The number of nitrogens with zero attached hydrogens (tertiary/aromatic N) is 2. The topological polar surface area (TPSA) is 402 Å². The molecule has 9 atom stereocenters. The summed E-state index contributed by atoms with van der Waals surface area (Å²) in [6, 6.07) is 12.2. The zero-order chi connectivity index (χ0) is 56.3. The molecule has 0 unspecified atom stereocenters. The third-order valence-electron chi connectivity index (χ3n) is 12.4. The SMILES string of the molecule is C[C@@H](O)[C@H](NC(=O)[C@@H]1CSSC[C@H](NC(=O)[C@H](N)Cc2ccccc2)C(=O)N[C@@H](Cc2cnc[nH]2)C(=O)N[C@@H](Cc2ccc(I)cc2)C(=O)N[C@@H](CCCN=C(N)N)C(=O)N[C@H](Cc2c[nH]c3ccccc23)C(=O)N1)C(N)=O. The first kappa shape index (κ1) is 60.0. The fraction of sp³-hybridized carbons (Fsp3) is 0.373. The van der Waals surface area contributed by atoms with Gasteiger partial charge >= 0.3 is 0 Å². The number of aliphatic hydroxyl groups excluding tert-OH is 1. The number of aromatic amines is 2. The quantitative estimate of drug-likeness (QED) is 0.0161. The van der Waals surface area contributed by atoms with Gasteiger partial charge in [0, 0.05) is 69.9 Å². The van der Waals surface area contributed by atoms with Crippen molar-refractivity contribution in [2.24, 2.45) is 27.9 Å². The summed E-state index contributed by atoms with van der Waals surface area (Å²) in [5.41, 5.74) is 26.3. The third kappa shape index (κ3) is 18.2. The Labute approximate surface area is 470 Å². The van der Waals surface area contributed by atoms with Crippen LogP contribution in [0.25, 0.3) is 10.9 Å². The van der Waals surface area contributed by atoms with E-state index in [-0.39, 0.29) is 62.5 Å². The molecule has 0 aliphatic carbocycles. The van der Waals surface area contributed by atoms with Gasteiger partial charge in [-0.05, 0) is 83.7 Å². The molecule has 0 bridgehead atoms. The minimum absolute atomic E-state index is 0.0463. The van der Waals surface area contributed by atoms with Gasteiger partial charge in [-0.3, -0.25) is 43.3 Å². The summed E-state index contributed by atoms with van der Waals surface area (Å²) in [7, 11) is 2.01. The number of H-pyrrole nitrogens is 2. The maximum atomic E-state index is 14.8. The Balaban J connectivity index is 1.42. The number of guanidine groups is 1. The maximum Gasteiger partial charge on any atom is 0.244 e. The third-order valence-corrected chi connectivity index (χ3v) is 15.6. The Morgan fingerprint density at radius 3 is 2.04 bits per heavy atom. The van der Waals surface area contributed by atoms with Crippen LogP contribution < -0.4 is 60.2 Å². The van der Waals surface area contributed by atoms with Crippen molar-refractivity contribution in [1.82, 2.24) is 52.2 Å². The summed E-state index contributed by atoms with van der Waals surface area (Å²) < 4.78 is 0.896. The Hall–Kier alpha value is -7.21. The summed E-state index contributed by atoms with van der Waals surface area (Å²) >= 11 is 2.13. The van der Waals surface area contributed by atoms with Gasteiger partial charge in [0.05, 0.1) is 18.5 Å². The number of amides is 8. The molecule has 3 heterocycles. The molecule has 0 saturated carbocycles. The summed E-state index contributed by atoms with van der Waals surface area (Å²) in [5, 5.41) is 30.1. The summed E-state index contributed by atoms with van der Waals surface area (Å²) in [6.45, 7) is 1.29. The van der Waals surface area contributed by atoms with Crippen molar-refractivity contribution in [2.75, 3.05) is 18.1 Å². The van der Waals surface area contributed by atoms with Crippen LogP contribution in [0.2, 0.25) is 0 Å². The Bertz CT molecular complexity index is 2890. The van der Waals surface area contributed by atoms with E-state index in [4.69, 9.17) is 22.9 Å². The van der Waals surface area contributed by atoms with Gasteiger partial charge in [0.15, 0.2) is 5.96 Å². The number of halogens is 1. The van der Waals surface area contributed by atoms with Gasteiger partial charge in [-0.15, -0.1) is 0 Å². The van der Waals surface area contributed by atoms with Crippen molar-refractivity contribution in [3.8, 4) is 0 Å². The average molecular weight is 1220 g/mol. The van der Waals surface area contributed by atoms with Crippen LogP contribution in [0, 0.1) is 3.57 Å². The summed E-state index contributed by atoms with van der Waals surface area (Å²) in [6.07, 6.45) is 2.86. The first-order valence-corrected chi connectivity index (χ1v) is 28.4. The van der Waals surface area contributed by atoms with Crippen LogP contribution in [0.5, 0.6) is 0 Å². The highest BCUT2D eigenvalue weighted by Crippen LogP contribution is 2.25. The molecule has 3 aromatic carbocycles. The number of benzene rings is 3. The molecule has 0 spiro atoms.